The number of benzene rings is 1. The van der Waals surface area contributed by atoms with Gasteiger partial charge in [-0.3, -0.25) is 4.79 Å². The number of amides is 1. The molecule has 1 fully saturated rings. The standard InChI is InChI=1S/C25H37NO3/c1-3-20(17-16-19-12-8-7-9-13-19)25-21(22(27)18-23(25)28)14-10-5-6-11-15-24(29)26-4-2/h3,5,7-10,12-13,20-23,25,27-28H,1,4,6,11,14-18H2,2H3,(H,26,29)/b10-5-/t20?,21-,22-,23+,25+/m0/s1. The van der Waals surface area contributed by atoms with Crippen LogP contribution in [0.1, 0.15) is 51.0 Å². The Morgan fingerprint density at radius 3 is 2.69 bits per heavy atom. The Hall–Kier alpha value is -1.91. The fourth-order valence-electron chi connectivity index (χ4n) is 4.52. The van der Waals surface area contributed by atoms with E-state index in [1.54, 1.807) is 0 Å². The Balaban J connectivity index is 1.87. The summed E-state index contributed by atoms with van der Waals surface area (Å²) in [6.45, 7) is 6.61. The maximum Gasteiger partial charge on any atom is 0.219 e. The molecule has 5 atom stereocenters. The summed E-state index contributed by atoms with van der Waals surface area (Å²) in [5.74, 6) is 0.357. The van der Waals surface area contributed by atoms with Crippen LogP contribution >= 0.6 is 0 Å². The number of nitrogens with one attached hydrogen (secondary N) is 1. The number of aliphatic hydroxyl groups excluding tert-OH is 2. The van der Waals surface area contributed by atoms with Crippen molar-refractivity contribution in [2.45, 2.75) is 64.1 Å². The molecule has 29 heavy (non-hydrogen) atoms. The van der Waals surface area contributed by atoms with E-state index in [1.807, 2.05) is 31.2 Å². The molecule has 4 nitrogen and oxygen atoms in total. The Kier molecular flexibility index (Phi) is 10.2. The van der Waals surface area contributed by atoms with Crippen LogP contribution in [0.3, 0.4) is 0 Å². The van der Waals surface area contributed by atoms with E-state index in [0.29, 0.717) is 19.4 Å². The minimum absolute atomic E-state index is 0.0335. The van der Waals surface area contributed by atoms with Crippen molar-refractivity contribution in [3.63, 3.8) is 0 Å². The van der Waals surface area contributed by atoms with Crippen molar-refractivity contribution in [1.29, 1.82) is 0 Å². The largest absolute Gasteiger partial charge is 0.393 e. The first-order valence-corrected chi connectivity index (χ1v) is 11.0. The molecule has 1 aliphatic rings. The topological polar surface area (TPSA) is 69.6 Å². The molecular weight excluding hydrogens is 362 g/mol. The molecule has 0 aliphatic heterocycles. The quantitative estimate of drug-likeness (QED) is 0.367. The van der Waals surface area contributed by atoms with E-state index in [1.165, 1.54) is 5.56 Å². The van der Waals surface area contributed by atoms with Crippen LogP contribution in [0, 0.1) is 17.8 Å². The van der Waals surface area contributed by atoms with Crippen LogP contribution in [0.25, 0.3) is 0 Å². The Labute approximate surface area is 175 Å². The average Bonchev–Trinajstić information content (AvgIpc) is 2.99. The molecule has 0 saturated heterocycles. The van der Waals surface area contributed by atoms with E-state index in [0.717, 1.165) is 32.1 Å². The number of aryl methyl sites for hydroxylation is 1. The first-order valence-electron chi connectivity index (χ1n) is 11.0. The highest BCUT2D eigenvalue weighted by Gasteiger charge is 2.43. The van der Waals surface area contributed by atoms with Gasteiger partial charge >= 0.3 is 0 Å². The van der Waals surface area contributed by atoms with Crippen LogP contribution in [-0.2, 0) is 11.2 Å². The number of rotatable bonds is 12. The number of hydrogen-bond donors (Lipinski definition) is 3. The number of carbonyl (C=O) groups excluding carboxylic acids is 1. The van der Waals surface area contributed by atoms with Gasteiger partial charge in [0, 0.05) is 13.0 Å². The summed E-state index contributed by atoms with van der Waals surface area (Å²) in [7, 11) is 0. The number of carbonyl (C=O) groups is 1. The molecule has 0 heterocycles. The highest BCUT2D eigenvalue weighted by molar-refractivity contribution is 5.75. The average molecular weight is 400 g/mol. The normalized spacial score (nSPS) is 25.2. The summed E-state index contributed by atoms with van der Waals surface area (Å²) < 4.78 is 0. The van der Waals surface area contributed by atoms with Gasteiger partial charge in [-0.2, -0.15) is 0 Å². The van der Waals surface area contributed by atoms with Crippen molar-refractivity contribution >= 4 is 5.91 Å². The van der Waals surface area contributed by atoms with Gasteiger partial charge in [-0.15, -0.1) is 6.58 Å². The lowest BCUT2D eigenvalue weighted by Crippen LogP contribution is -2.29. The first kappa shape index (κ1) is 23.4. The number of aliphatic hydroxyl groups is 2. The Morgan fingerprint density at radius 1 is 1.24 bits per heavy atom. The lowest BCUT2D eigenvalue weighted by atomic mass is 9.78. The second-order valence-electron chi connectivity index (χ2n) is 8.09. The molecule has 0 bridgehead atoms. The Morgan fingerprint density at radius 2 is 2.00 bits per heavy atom. The minimum Gasteiger partial charge on any atom is -0.393 e. The van der Waals surface area contributed by atoms with Crippen molar-refractivity contribution < 1.29 is 15.0 Å². The molecule has 3 N–H and O–H groups in total. The van der Waals surface area contributed by atoms with Crippen molar-refractivity contribution in [1.82, 2.24) is 5.32 Å². The minimum atomic E-state index is -0.486. The summed E-state index contributed by atoms with van der Waals surface area (Å²) in [5.41, 5.74) is 1.29. The van der Waals surface area contributed by atoms with Gasteiger partial charge in [0.05, 0.1) is 12.2 Å². The van der Waals surface area contributed by atoms with Crippen molar-refractivity contribution in [2.24, 2.45) is 17.8 Å². The summed E-state index contributed by atoms with van der Waals surface area (Å²) in [5, 5.41) is 23.9. The van der Waals surface area contributed by atoms with Gasteiger partial charge in [0.1, 0.15) is 0 Å². The van der Waals surface area contributed by atoms with Crippen molar-refractivity contribution in [3.8, 4) is 0 Å². The second-order valence-corrected chi connectivity index (χ2v) is 8.09. The van der Waals surface area contributed by atoms with E-state index in [4.69, 9.17) is 0 Å². The highest BCUT2D eigenvalue weighted by Crippen LogP contribution is 2.41. The number of unbranched alkanes of at least 4 members (excludes halogenated alkanes) is 1. The Bertz CT molecular complexity index is 643. The lowest BCUT2D eigenvalue weighted by molar-refractivity contribution is -0.121. The van der Waals surface area contributed by atoms with Crippen molar-refractivity contribution in [3.05, 3.63) is 60.7 Å². The van der Waals surface area contributed by atoms with Crippen LogP contribution in [0.15, 0.2) is 55.1 Å². The van der Waals surface area contributed by atoms with Crippen molar-refractivity contribution in [2.75, 3.05) is 6.54 Å². The van der Waals surface area contributed by atoms with Gasteiger partial charge in [-0.25, -0.2) is 0 Å². The molecule has 4 heteroatoms. The maximum atomic E-state index is 11.5. The third-order valence-electron chi connectivity index (χ3n) is 6.05. The van der Waals surface area contributed by atoms with Crippen LogP contribution in [-0.4, -0.2) is 34.9 Å². The molecule has 1 amide bonds. The molecule has 160 valence electrons. The third-order valence-corrected chi connectivity index (χ3v) is 6.05. The fourth-order valence-corrected chi connectivity index (χ4v) is 4.52. The fraction of sp³-hybridized carbons (Fsp3) is 0.560. The molecule has 1 unspecified atom stereocenters. The first-order chi connectivity index (χ1) is 14.1. The summed E-state index contributed by atoms with van der Waals surface area (Å²) >= 11 is 0. The smallest absolute Gasteiger partial charge is 0.219 e. The van der Waals surface area contributed by atoms with E-state index in [2.05, 4.69) is 36.2 Å². The number of hydrogen-bond acceptors (Lipinski definition) is 3. The SMILES string of the molecule is C=CC(CCc1ccccc1)[C@@H]1[C@@H](C/C=C\CCCC(=O)NCC)[C@@H](O)C[C@H]1O. The van der Waals surface area contributed by atoms with Crippen LogP contribution in [0.2, 0.25) is 0 Å². The van der Waals surface area contributed by atoms with Gasteiger partial charge < -0.3 is 15.5 Å². The molecule has 0 radical (unpaired) electrons. The zero-order valence-electron chi connectivity index (χ0n) is 17.7. The molecule has 2 rings (SSSR count). The van der Waals surface area contributed by atoms with E-state index < -0.39 is 12.2 Å². The maximum absolute atomic E-state index is 11.5. The van der Waals surface area contributed by atoms with Crippen LogP contribution < -0.4 is 5.32 Å². The van der Waals surface area contributed by atoms with Gasteiger partial charge in [-0.05, 0) is 68.8 Å². The van der Waals surface area contributed by atoms with E-state index >= 15 is 0 Å². The molecule has 0 spiro atoms. The van der Waals surface area contributed by atoms with Gasteiger partial charge in [-0.1, -0.05) is 48.6 Å². The monoisotopic (exact) mass is 399 g/mol. The summed E-state index contributed by atoms with van der Waals surface area (Å²) in [6.07, 6.45) is 10.5. The zero-order chi connectivity index (χ0) is 21.1. The predicted molar refractivity (Wildman–Crippen MR) is 118 cm³/mol. The van der Waals surface area contributed by atoms with Crippen LogP contribution in [0.4, 0.5) is 0 Å². The molecule has 1 aliphatic carbocycles. The summed E-state index contributed by atoms with van der Waals surface area (Å²) in [4.78, 5) is 11.5. The lowest BCUT2D eigenvalue weighted by Gasteiger charge is -2.29. The molecule has 1 aromatic carbocycles. The van der Waals surface area contributed by atoms with Gasteiger partial charge in [0.25, 0.3) is 0 Å². The second kappa shape index (κ2) is 12.6. The van der Waals surface area contributed by atoms with Crippen LogP contribution in [0.5, 0.6) is 0 Å². The zero-order valence-corrected chi connectivity index (χ0v) is 17.7. The summed E-state index contributed by atoms with van der Waals surface area (Å²) in [6, 6.07) is 10.4. The van der Waals surface area contributed by atoms with Gasteiger partial charge in [0.2, 0.25) is 5.91 Å². The number of allylic oxidation sites excluding steroid dienone is 3. The molecule has 0 aromatic heterocycles. The molecule has 1 saturated carbocycles. The van der Waals surface area contributed by atoms with E-state index in [9.17, 15) is 15.0 Å². The molecular formula is C25H37NO3. The highest BCUT2D eigenvalue weighted by atomic mass is 16.3. The van der Waals surface area contributed by atoms with Gasteiger partial charge in [0.15, 0.2) is 0 Å². The van der Waals surface area contributed by atoms with E-state index in [-0.39, 0.29) is 23.7 Å². The molecule has 1 aromatic rings. The third kappa shape index (κ3) is 7.45. The predicted octanol–water partition coefficient (Wildman–Crippen LogP) is 4.03.